The molecule has 1 amide bonds. The molecule has 3 N–H and O–H groups in total. The molecule has 0 radical (unpaired) electrons. The van der Waals surface area contributed by atoms with Crippen molar-refractivity contribution in [3.05, 3.63) is 29.3 Å². The van der Waals surface area contributed by atoms with Gasteiger partial charge in [0.15, 0.2) is 18.2 Å². The van der Waals surface area contributed by atoms with Crippen LogP contribution >= 0.6 is 11.8 Å². The van der Waals surface area contributed by atoms with Crippen LogP contribution in [0.5, 0.6) is 0 Å². The van der Waals surface area contributed by atoms with Gasteiger partial charge in [-0.3, -0.25) is 19.2 Å². The van der Waals surface area contributed by atoms with E-state index in [1.54, 1.807) is 34.6 Å². The van der Waals surface area contributed by atoms with E-state index in [-0.39, 0.29) is 48.9 Å². The first kappa shape index (κ1) is 55.2. The predicted octanol–water partition coefficient (Wildman–Crippen LogP) is 5.62. The molecular weight excluding hydrogens is 885 g/mol. The highest BCUT2D eigenvalue weighted by molar-refractivity contribution is 8.01. The number of esters is 2. The number of carbonyl (C=O) groups excluding carboxylic acids is 4. The molecule has 3 unspecified atom stereocenters. The highest BCUT2D eigenvalue weighted by Crippen LogP contribution is 2.49. The molecule has 0 bridgehead atoms. The monoisotopic (exact) mass is 965 g/mol. The minimum atomic E-state index is -1.48. The summed E-state index contributed by atoms with van der Waals surface area (Å²) in [5.74, 6) is -6.02. The van der Waals surface area contributed by atoms with Gasteiger partial charge in [-0.1, -0.05) is 33.8 Å². The lowest BCUT2D eigenvalue weighted by atomic mass is 9.70. The summed E-state index contributed by atoms with van der Waals surface area (Å²) >= 11 is 1.10. The number of ether oxygens (including phenoxy) is 8. The Kier molecular flexibility index (Phi) is 18.3. The van der Waals surface area contributed by atoms with E-state index in [4.69, 9.17) is 37.9 Å². The van der Waals surface area contributed by atoms with Gasteiger partial charge in [0.25, 0.3) is 0 Å². The second-order valence-corrected chi connectivity index (χ2v) is 21.8. The number of amides is 1. The smallest absolute Gasteiger partial charge is 0.320 e. The number of aryl methyl sites for hydroxylation is 2. The van der Waals surface area contributed by atoms with Crippen molar-refractivity contribution in [3.8, 4) is 0 Å². The molecule has 4 aliphatic heterocycles. The number of nitrogens with zero attached hydrogens (tertiary/aromatic N) is 1. The number of aliphatic hydroxyl groups excluding tert-OH is 2. The van der Waals surface area contributed by atoms with Crippen molar-refractivity contribution in [1.29, 1.82) is 0 Å². The summed E-state index contributed by atoms with van der Waals surface area (Å²) in [7, 11) is 6.81. The number of hydrogen-bond donors (Lipinski definition) is 3. The topological polar surface area (TPSA) is 198 Å². The first-order valence-electron chi connectivity index (χ1n) is 24.0. The number of nitrogens with one attached hydrogen (secondary N) is 1. The molecule has 4 aliphatic rings. The lowest BCUT2D eigenvalue weighted by Crippen LogP contribution is -2.61. The van der Waals surface area contributed by atoms with Gasteiger partial charge in [-0.2, -0.15) is 0 Å². The van der Waals surface area contributed by atoms with Gasteiger partial charge >= 0.3 is 11.9 Å². The largest absolute Gasteiger partial charge is 0.458 e. The van der Waals surface area contributed by atoms with E-state index >= 15 is 4.79 Å². The van der Waals surface area contributed by atoms with E-state index < -0.39 is 113 Å². The summed E-state index contributed by atoms with van der Waals surface area (Å²) in [5, 5.41) is 24.9. The number of cyclic esters (lactones) is 1. The van der Waals surface area contributed by atoms with Crippen LogP contribution < -0.4 is 5.32 Å². The Morgan fingerprint density at radius 2 is 1.55 bits per heavy atom. The third kappa shape index (κ3) is 11.7. The van der Waals surface area contributed by atoms with Crippen molar-refractivity contribution < 1.29 is 67.3 Å². The zero-order valence-electron chi connectivity index (χ0n) is 42.7. The van der Waals surface area contributed by atoms with E-state index in [9.17, 15) is 24.6 Å². The van der Waals surface area contributed by atoms with Gasteiger partial charge in [-0.15, -0.1) is 11.8 Å². The zero-order valence-corrected chi connectivity index (χ0v) is 43.5. The number of Topliss-reactive ketones (excluding diaryl/α,β-unsaturated/α-hetero) is 1. The molecule has 1 aromatic rings. The second kappa shape index (κ2) is 22.2. The SMILES string of the molecule is CC[C@H]1OC(=O)[C@H](C)[C@@H](O[C@H]2C[C@@](C)(OC)[C@@H](O)[C@@H](C)O2)[C@H](C)[C@@H](O[C@@H]2O[C@H](C)C[C@H](N(C)C)[C@H]2O)[C@](C)(OC)C[C@@H](C)C(=O)C(C)C2C(SCC(=O)Nc3ccc(C)c(C)c3)C(=O)O[C@@]21C. The molecule has 67 heavy (non-hydrogen) atoms. The van der Waals surface area contributed by atoms with Crippen LogP contribution in [-0.2, 0) is 57.1 Å². The van der Waals surface area contributed by atoms with Gasteiger partial charge in [-0.05, 0) is 112 Å². The molecule has 4 saturated heterocycles. The molecule has 380 valence electrons. The third-order valence-corrected chi connectivity index (χ3v) is 16.7. The maximum atomic E-state index is 15.1. The van der Waals surface area contributed by atoms with Gasteiger partial charge in [0.05, 0.1) is 47.3 Å². The molecule has 0 aromatic heterocycles. The van der Waals surface area contributed by atoms with Gasteiger partial charge < -0.3 is 58.3 Å². The zero-order chi connectivity index (χ0) is 50.1. The summed E-state index contributed by atoms with van der Waals surface area (Å²) in [6.07, 6.45) is -7.22. The van der Waals surface area contributed by atoms with E-state index in [1.807, 2.05) is 85.7 Å². The summed E-state index contributed by atoms with van der Waals surface area (Å²) < 4.78 is 51.5. The number of aliphatic hydroxyl groups is 2. The molecule has 4 heterocycles. The molecular formula is C50H80N2O14S. The van der Waals surface area contributed by atoms with E-state index in [2.05, 4.69) is 5.32 Å². The number of ketones is 1. The standard InChI is InChI=1S/C50H80N2O14S/c1-17-35-50(12)38(42(46(58)66-50)67-24-36(53)51-33-19-18-25(2)26(3)20-33)29(6)39(54)27(4)22-49(11,60-16)44(65-47-40(55)34(52(13)14)21-28(5)61-47)30(7)41(31(8)45(57)63-35)64-37-23-48(10,59-15)43(56)32(9)62-37/h18-20,27-32,34-35,37-38,40-44,47,55-56H,17,21-24H2,1-16H3,(H,51,53)/t27-,28-,29?,30+,31-,32-,34+,35-,37+,38?,40-,41+,42?,43+,44-,47+,48-,49-,50-/m1/s1. The number of likely N-dealkylation sites (N-methyl/N-ethyl adjacent to an activating group) is 1. The third-order valence-electron chi connectivity index (χ3n) is 15.4. The number of benzene rings is 1. The molecule has 5 rings (SSSR count). The van der Waals surface area contributed by atoms with Crippen molar-refractivity contribution in [2.45, 2.75) is 192 Å². The summed E-state index contributed by atoms with van der Waals surface area (Å²) in [4.78, 5) is 59.5. The highest BCUT2D eigenvalue weighted by atomic mass is 32.2. The molecule has 19 atom stereocenters. The Morgan fingerprint density at radius 3 is 2.15 bits per heavy atom. The van der Waals surface area contributed by atoms with E-state index in [0.717, 1.165) is 22.9 Å². The normalized spacial score (nSPS) is 42.4. The lowest BCUT2D eigenvalue weighted by molar-refractivity contribution is -0.319. The van der Waals surface area contributed by atoms with Crippen LogP contribution in [0.3, 0.4) is 0 Å². The lowest BCUT2D eigenvalue weighted by Gasteiger charge is -2.50. The minimum Gasteiger partial charge on any atom is -0.458 e. The van der Waals surface area contributed by atoms with E-state index in [0.29, 0.717) is 12.1 Å². The highest BCUT2D eigenvalue weighted by Gasteiger charge is 2.62. The van der Waals surface area contributed by atoms with Gasteiger partial charge in [0.1, 0.15) is 29.3 Å². The van der Waals surface area contributed by atoms with Gasteiger partial charge in [0, 0.05) is 56.0 Å². The Bertz CT molecular complexity index is 1910. The van der Waals surface area contributed by atoms with E-state index in [1.165, 1.54) is 14.2 Å². The predicted molar refractivity (Wildman–Crippen MR) is 253 cm³/mol. The number of thioether (sulfide) groups is 1. The van der Waals surface area contributed by atoms with Crippen LogP contribution in [0.1, 0.15) is 106 Å². The molecule has 0 aliphatic carbocycles. The maximum Gasteiger partial charge on any atom is 0.320 e. The quantitative estimate of drug-likeness (QED) is 0.218. The number of anilines is 1. The first-order chi connectivity index (χ1) is 31.2. The van der Waals surface area contributed by atoms with Crippen LogP contribution in [0.4, 0.5) is 5.69 Å². The van der Waals surface area contributed by atoms with Crippen molar-refractivity contribution >= 4 is 41.1 Å². The van der Waals surface area contributed by atoms with Crippen LogP contribution in [0.25, 0.3) is 0 Å². The molecule has 0 spiro atoms. The summed E-state index contributed by atoms with van der Waals surface area (Å²) in [5.41, 5.74) is -1.10. The molecule has 17 heteroatoms. The maximum absolute atomic E-state index is 15.1. The van der Waals surface area contributed by atoms with Crippen molar-refractivity contribution in [3.63, 3.8) is 0 Å². The molecule has 16 nitrogen and oxygen atoms in total. The Hall–Kier alpha value is -2.71. The van der Waals surface area contributed by atoms with Crippen LogP contribution in [0, 0.1) is 43.4 Å². The second-order valence-electron chi connectivity index (χ2n) is 20.7. The Morgan fingerprint density at radius 1 is 0.896 bits per heavy atom. The number of rotatable bonds is 12. The van der Waals surface area contributed by atoms with Crippen molar-refractivity contribution in [2.24, 2.45) is 29.6 Å². The molecule has 0 saturated carbocycles. The van der Waals surface area contributed by atoms with Gasteiger partial charge in [-0.25, -0.2) is 0 Å². The fourth-order valence-electron chi connectivity index (χ4n) is 11.1. The fourth-order valence-corrected chi connectivity index (χ4v) is 12.4. The summed E-state index contributed by atoms with van der Waals surface area (Å²) in [6, 6.07) is 5.32. The number of hydrogen-bond acceptors (Lipinski definition) is 16. The first-order valence-corrected chi connectivity index (χ1v) is 25.0. The van der Waals surface area contributed by atoms with Crippen LogP contribution in [-0.4, -0.2) is 156 Å². The average molecular weight is 965 g/mol. The number of fused-ring (bicyclic) bond motifs is 1. The molecule has 1 aromatic carbocycles. The molecule has 4 fully saturated rings. The fraction of sp³-hybridized carbons (Fsp3) is 0.800. The van der Waals surface area contributed by atoms with Crippen LogP contribution in [0.15, 0.2) is 18.2 Å². The van der Waals surface area contributed by atoms with Crippen molar-refractivity contribution in [1.82, 2.24) is 4.90 Å². The average Bonchev–Trinajstić information content (AvgIpc) is 3.54. The van der Waals surface area contributed by atoms with Gasteiger partial charge in [0.2, 0.25) is 5.91 Å². The Labute approximate surface area is 402 Å². The number of carbonyl (C=O) groups is 4. The van der Waals surface area contributed by atoms with Crippen molar-refractivity contribution in [2.75, 3.05) is 39.4 Å². The Balaban J connectivity index is 1.59. The summed E-state index contributed by atoms with van der Waals surface area (Å²) in [6.45, 7) is 21.9. The van der Waals surface area contributed by atoms with Crippen LogP contribution in [0.2, 0.25) is 0 Å². The number of methoxy groups -OCH3 is 2. The minimum absolute atomic E-state index is 0.107.